The number of nitrogens with zero attached hydrogens (tertiary/aromatic N) is 2. The van der Waals surface area contributed by atoms with Crippen LogP contribution in [0.5, 0.6) is 0 Å². The van der Waals surface area contributed by atoms with Crippen LogP contribution in [0.15, 0.2) is 211 Å². The molecule has 0 amide bonds. The van der Waals surface area contributed by atoms with E-state index in [1.54, 1.807) is 11.3 Å². The van der Waals surface area contributed by atoms with Gasteiger partial charge in [-0.1, -0.05) is 127 Å². The summed E-state index contributed by atoms with van der Waals surface area (Å²) in [6.45, 7) is 0. The average Bonchev–Trinajstić information content (AvgIpc) is 3.87. The monoisotopic (exact) mass is 746 g/mol. The summed E-state index contributed by atoms with van der Waals surface area (Å²) in [7, 11) is 0. The average molecular weight is 747 g/mol. The van der Waals surface area contributed by atoms with Crippen molar-refractivity contribution >= 4 is 70.4 Å². The molecule has 0 spiro atoms. The molecule has 9 aromatic carbocycles. The molecule has 11 aromatic rings. The highest BCUT2D eigenvalue weighted by Gasteiger charge is 2.16. The molecule has 0 saturated carbocycles. The highest BCUT2D eigenvalue weighted by atomic mass is 32.1. The summed E-state index contributed by atoms with van der Waals surface area (Å²) in [4.78, 5) is 7.21. The summed E-state index contributed by atoms with van der Waals surface area (Å²) in [5, 5.41) is 4.92. The Morgan fingerprint density at radius 1 is 0.368 bits per heavy atom. The van der Waals surface area contributed by atoms with Crippen molar-refractivity contribution in [2.24, 2.45) is 0 Å². The van der Waals surface area contributed by atoms with Crippen LogP contribution in [0.1, 0.15) is 0 Å². The van der Waals surface area contributed by atoms with E-state index in [1.807, 2.05) is 30.3 Å². The van der Waals surface area contributed by atoms with Gasteiger partial charge in [-0.05, 0) is 117 Å². The van der Waals surface area contributed by atoms with Gasteiger partial charge in [0, 0.05) is 48.9 Å². The van der Waals surface area contributed by atoms with Gasteiger partial charge in [-0.15, -0.1) is 11.3 Å². The van der Waals surface area contributed by atoms with Crippen LogP contribution in [-0.4, -0.2) is 4.98 Å². The van der Waals surface area contributed by atoms with E-state index in [0.29, 0.717) is 5.89 Å². The molecule has 4 heteroatoms. The minimum absolute atomic E-state index is 0.648. The zero-order chi connectivity index (χ0) is 37.7. The molecule has 0 aliphatic rings. The van der Waals surface area contributed by atoms with Crippen LogP contribution in [0.3, 0.4) is 0 Å². The second-order valence-corrected chi connectivity index (χ2v) is 15.5. The van der Waals surface area contributed by atoms with Gasteiger partial charge in [0.25, 0.3) is 0 Å². The van der Waals surface area contributed by atoms with Crippen LogP contribution in [0, 0.1) is 0 Å². The number of hydrogen-bond acceptors (Lipinski definition) is 4. The van der Waals surface area contributed by atoms with Crippen LogP contribution >= 0.6 is 11.3 Å². The number of anilines is 3. The van der Waals surface area contributed by atoms with Gasteiger partial charge in [0.1, 0.15) is 5.52 Å². The molecule has 2 heterocycles. The minimum Gasteiger partial charge on any atom is -0.436 e. The quantitative estimate of drug-likeness (QED) is 0.163. The standard InChI is InChI=1S/C53H34N2OS/c1-3-10-35(11-4-1)41-16-9-17-46(31-41)55(44-25-20-37(21-26-44)42-19-18-36-12-7-8-15-40(36)30-42)45-27-22-38(23-28-45)43-24-29-51-47(32-43)48-33-49-50(34-52(48)57-51)56-53(54-49)39-13-5-2-6-14-39/h1-34H. The topological polar surface area (TPSA) is 29.3 Å². The summed E-state index contributed by atoms with van der Waals surface area (Å²) < 4.78 is 8.65. The zero-order valence-electron chi connectivity index (χ0n) is 30.8. The third-order valence-electron chi connectivity index (χ3n) is 10.9. The minimum atomic E-state index is 0.648. The first kappa shape index (κ1) is 33.1. The Morgan fingerprint density at radius 3 is 1.67 bits per heavy atom. The summed E-state index contributed by atoms with van der Waals surface area (Å²) in [6, 6.07) is 73.7. The molecule has 0 fully saturated rings. The third kappa shape index (κ3) is 6.13. The van der Waals surface area contributed by atoms with Gasteiger partial charge in [-0.3, -0.25) is 0 Å². The van der Waals surface area contributed by atoms with Gasteiger partial charge < -0.3 is 9.32 Å². The smallest absolute Gasteiger partial charge is 0.227 e. The molecule has 0 saturated heterocycles. The Labute approximate surface area is 334 Å². The Balaban J connectivity index is 0.960. The van der Waals surface area contributed by atoms with Crippen molar-refractivity contribution in [1.29, 1.82) is 0 Å². The maximum atomic E-state index is 6.21. The summed E-state index contributed by atoms with van der Waals surface area (Å²) >= 11 is 1.79. The van der Waals surface area contributed by atoms with Crippen molar-refractivity contribution in [3.05, 3.63) is 206 Å². The van der Waals surface area contributed by atoms with Gasteiger partial charge in [0.15, 0.2) is 5.58 Å². The van der Waals surface area contributed by atoms with Gasteiger partial charge in [-0.2, -0.15) is 0 Å². The number of thiophene rings is 1. The first-order valence-corrected chi connectivity index (χ1v) is 20.0. The number of fused-ring (bicyclic) bond motifs is 5. The van der Waals surface area contributed by atoms with Crippen LogP contribution in [0.25, 0.3) is 86.9 Å². The highest BCUT2D eigenvalue weighted by molar-refractivity contribution is 7.25. The number of hydrogen-bond donors (Lipinski definition) is 0. The number of benzene rings is 9. The van der Waals surface area contributed by atoms with Crippen molar-refractivity contribution in [3.63, 3.8) is 0 Å². The predicted molar refractivity (Wildman–Crippen MR) is 241 cm³/mol. The van der Waals surface area contributed by atoms with E-state index in [-0.39, 0.29) is 0 Å². The lowest BCUT2D eigenvalue weighted by Crippen LogP contribution is -2.10. The normalized spacial score (nSPS) is 11.5. The lowest BCUT2D eigenvalue weighted by Gasteiger charge is -2.26. The van der Waals surface area contributed by atoms with Crippen molar-refractivity contribution < 1.29 is 4.42 Å². The maximum Gasteiger partial charge on any atom is 0.227 e. The summed E-state index contributed by atoms with van der Waals surface area (Å²) in [6.07, 6.45) is 0. The molecule has 0 N–H and O–H groups in total. The van der Waals surface area contributed by atoms with E-state index in [1.165, 1.54) is 64.3 Å². The van der Waals surface area contributed by atoms with Crippen molar-refractivity contribution in [2.75, 3.05) is 4.90 Å². The molecule has 0 unspecified atom stereocenters. The first-order chi connectivity index (χ1) is 28.2. The SMILES string of the molecule is c1ccc(-c2cccc(N(c3ccc(-c4ccc5ccccc5c4)cc3)c3ccc(-c4ccc5sc6cc7oc(-c8ccccc8)nc7cc6c5c4)cc3)c2)cc1. The molecule has 0 radical (unpaired) electrons. The summed E-state index contributed by atoms with van der Waals surface area (Å²) in [5.74, 6) is 0.648. The summed E-state index contributed by atoms with van der Waals surface area (Å²) in [5.41, 5.74) is 13.1. The molecular weight excluding hydrogens is 713 g/mol. The molecule has 0 aliphatic carbocycles. The van der Waals surface area contributed by atoms with Crippen LogP contribution in [-0.2, 0) is 0 Å². The van der Waals surface area contributed by atoms with E-state index in [0.717, 1.165) is 33.7 Å². The van der Waals surface area contributed by atoms with Crippen molar-refractivity contribution in [1.82, 2.24) is 4.98 Å². The number of aromatic nitrogens is 1. The Bertz CT molecular complexity index is 3220. The van der Waals surface area contributed by atoms with Crippen LogP contribution in [0.4, 0.5) is 17.1 Å². The first-order valence-electron chi connectivity index (χ1n) is 19.2. The second kappa shape index (κ2) is 13.8. The van der Waals surface area contributed by atoms with E-state index in [2.05, 4.69) is 181 Å². The molecule has 0 bridgehead atoms. The molecule has 3 nitrogen and oxygen atoms in total. The van der Waals surface area contributed by atoms with Gasteiger partial charge in [0.2, 0.25) is 5.89 Å². The molecule has 2 aromatic heterocycles. The van der Waals surface area contributed by atoms with E-state index < -0.39 is 0 Å². The fraction of sp³-hybridized carbons (Fsp3) is 0. The van der Waals surface area contributed by atoms with Gasteiger partial charge in [0.05, 0.1) is 0 Å². The van der Waals surface area contributed by atoms with Crippen molar-refractivity contribution in [3.8, 4) is 44.8 Å². The fourth-order valence-corrected chi connectivity index (χ4v) is 9.06. The van der Waals surface area contributed by atoms with Gasteiger partial charge in [-0.25, -0.2) is 4.98 Å². The second-order valence-electron chi connectivity index (χ2n) is 14.4. The van der Waals surface area contributed by atoms with E-state index in [9.17, 15) is 0 Å². The Kier molecular flexibility index (Phi) is 8.01. The number of oxazole rings is 1. The molecule has 57 heavy (non-hydrogen) atoms. The molecule has 268 valence electrons. The Morgan fingerprint density at radius 2 is 0.930 bits per heavy atom. The zero-order valence-corrected chi connectivity index (χ0v) is 31.7. The molecular formula is C53H34N2OS. The largest absolute Gasteiger partial charge is 0.436 e. The number of rotatable bonds is 7. The molecule has 0 atom stereocenters. The predicted octanol–water partition coefficient (Wildman–Crippen LogP) is 15.5. The van der Waals surface area contributed by atoms with Crippen LogP contribution in [0.2, 0.25) is 0 Å². The van der Waals surface area contributed by atoms with E-state index >= 15 is 0 Å². The Hall–Kier alpha value is -7.27. The highest BCUT2D eigenvalue weighted by Crippen LogP contribution is 2.41. The maximum absolute atomic E-state index is 6.21. The lowest BCUT2D eigenvalue weighted by atomic mass is 10.00. The molecule has 11 rings (SSSR count). The van der Waals surface area contributed by atoms with Crippen molar-refractivity contribution in [2.45, 2.75) is 0 Å². The van der Waals surface area contributed by atoms with Gasteiger partial charge >= 0.3 is 0 Å². The molecule has 0 aliphatic heterocycles. The fourth-order valence-electron chi connectivity index (χ4n) is 7.96. The van der Waals surface area contributed by atoms with Crippen LogP contribution < -0.4 is 4.90 Å². The third-order valence-corrected chi connectivity index (χ3v) is 12.0. The van der Waals surface area contributed by atoms with E-state index in [4.69, 9.17) is 9.40 Å². The lowest BCUT2D eigenvalue weighted by molar-refractivity contribution is 0.620.